The summed E-state index contributed by atoms with van der Waals surface area (Å²) in [6.07, 6.45) is 0. The van der Waals surface area contributed by atoms with Gasteiger partial charge in [0.1, 0.15) is 4.32 Å². The minimum Gasteiger partial charge on any atom is -0.354 e. The van der Waals surface area contributed by atoms with Crippen LogP contribution in [0.2, 0.25) is 0 Å². The standard InChI is InChI=1S/C10H16N2O2S2/c1-10(2,3)8(14)11-4-5-12-7(13)6-16-9(12)15/h4-6H2,1-3H3,(H,11,14). The monoisotopic (exact) mass is 260 g/mol. The summed E-state index contributed by atoms with van der Waals surface area (Å²) in [5.74, 6) is 0.434. The van der Waals surface area contributed by atoms with Gasteiger partial charge < -0.3 is 5.32 Å². The van der Waals surface area contributed by atoms with Crippen LogP contribution in [0.15, 0.2) is 0 Å². The fourth-order valence-corrected chi connectivity index (χ4v) is 2.27. The number of nitrogens with one attached hydrogen (secondary N) is 1. The van der Waals surface area contributed by atoms with Crippen LogP contribution < -0.4 is 5.32 Å². The molecule has 1 fully saturated rings. The Balaban J connectivity index is 2.33. The highest BCUT2D eigenvalue weighted by Crippen LogP contribution is 2.18. The van der Waals surface area contributed by atoms with Crippen molar-refractivity contribution in [2.45, 2.75) is 20.8 Å². The van der Waals surface area contributed by atoms with Gasteiger partial charge in [0, 0.05) is 18.5 Å². The number of thioether (sulfide) groups is 1. The molecule has 4 nitrogen and oxygen atoms in total. The predicted octanol–water partition coefficient (Wildman–Crippen LogP) is 1.01. The van der Waals surface area contributed by atoms with Crippen molar-refractivity contribution in [3.8, 4) is 0 Å². The van der Waals surface area contributed by atoms with E-state index in [9.17, 15) is 9.59 Å². The average Bonchev–Trinajstić information content (AvgIpc) is 2.47. The van der Waals surface area contributed by atoms with Gasteiger partial charge in [-0.05, 0) is 0 Å². The van der Waals surface area contributed by atoms with E-state index in [4.69, 9.17) is 12.2 Å². The molecule has 0 saturated carbocycles. The Kier molecular flexibility index (Phi) is 4.32. The first-order chi connectivity index (χ1) is 7.32. The number of hydrogen-bond donors (Lipinski definition) is 1. The number of carbonyl (C=O) groups excluding carboxylic acids is 2. The Morgan fingerprint density at radius 1 is 1.56 bits per heavy atom. The van der Waals surface area contributed by atoms with Gasteiger partial charge in [0.05, 0.1) is 5.75 Å². The summed E-state index contributed by atoms with van der Waals surface area (Å²) in [5.41, 5.74) is -0.399. The van der Waals surface area contributed by atoms with Crippen molar-refractivity contribution < 1.29 is 9.59 Å². The minimum absolute atomic E-state index is 0.0160. The lowest BCUT2D eigenvalue weighted by atomic mass is 9.96. The van der Waals surface area contributed by atoms with Crippen LogP contribution >= 0.6 is 24.0 Å². The smallest absolute Gasteiger partial charge is 0.238 e. The van der Waals surface area contributed by atoms with Gasteiger partial charge in [-0.15, -0.1) is 0 Å². The van der Waals surface area contributed by atoms with Gasteiger partial charge in [0.25, 0.3) is 0 Å². The van der Waals surface area contributed by atoms with Gasteiger partial charge in [-0.2, -0.15) is 0 Å². The molecule has 0 aromatic rings. The maximum atomic E-state index is 11.5. The van der Waals surface area contributed by atoms with Crippen molar-refractivity contribution in [1.82, 2.24) is 10.2 Å². The SMILES string of the molecule is CC(C)(C)C(=O)NCCN1C(=O)CSC1=S. The van der Waals surface area contributed by atoms with E-state index in [1.54, 1.807) is 4.90 Å². The molecule has 1 aliphatic rings. The first kappa shape index (κ1) is 13.4. The molecule has 0 aromatic heterocycles. The molecule has 1 saturated heterocycles. The molecule has 0 unspecified atom stereocenters. The molecule has 2 amide bonds. The Morgan fingerprint density at radius 2 is 2.19 bits per heavy atom. The van der Waals surface area contributed by atoms with E-state index in [-0.39, 0.29) is 11.8 Å². The van der Waals surface area contributed by atoms with E-state index < -0.39 is 5.41 Å². The highest BCUT2D eigenvalue weighted by molar-refractivity contribution is 8.23. The van der Waals surface area contributed by atoms with Gasteiger partial charge in [0.15, 0.2) is 0 Å². The summed E-state index contributed by atoms with van der Waals surface area (Å²) >= 11 is 6.40. The summed E-state index contributed by atoms with van der Waals surface area (Å²) < 4.78 is 0.606. The van der Waals surface area contributed by atoms with E-state index in [0.717, 1.165) is 0 Å². The van der Waals surface area contributed by atoms with Crippen molar-refractivity contribution in [3.05, 3.63) is 0 Å². The number of amides is 2. The van der Waals surface area contributed by atoms with Crippen LogP contribution in [0.25, 0.3) is 0 Å². The summed E-state index contributed by atoms with van der Waals surface area (Å²) in [4.78, 5) is 24.5. The zero-order valence-corrected chi connectivity index (χ0v) is 11.3. The third-order valence-corrected chi connectivity index (χ3v) is 3.58. The predicted molar refractivity (Wildman–Crippen MR) is 69.2 cm³/mol. The van der Waals surface area contributed by atoms with Crippen LogP contribution in [-0.4, -0.2) is 39.9 Å². The minimum atomic E-state index is -0.399. The fraction of sp³-hybridized carbons (Fsp3) is 0.700. The summed E-state index contributed by atoms with van der Waals surface area (Å²) in [7, 11) is 0. The van der Waals surface area contributed by atoms with Crippen LogP contribution in [0.3, 0.4) is 0 Å². The zero-order chi connectivity index (χ0) is 12.3. The average molecular weight is 260 g/mol. The molecule has 1 rings (SSSR count). The zero-order valence-electron chi connectivity index (χ0n) is 9.70. The molecular formula is C10H16N2O2S2. The molecular weight excluding hydrogens is 244 g/mol. The Hall–Kier alpha value is -0.620. The number of thiocarbonyl (C=S) groups is 1. The molecule has 0 spiro atoms. The summed E-state index contributed by atoms with van der Waals surface area (Å²) in [6.45, 7) is 6.46. The summed E-state index contributed by atoms with van der Waals surface area (Å²) in [6, 6.07) is 0. The molecule has 0 bridgehead atoms. The first-order valence-corrected chi connectivity index (χ1v) is 6.47. The lowest BCUT2D eigenvalue weighted by Gasteiger charge is -2.20. The molecule has 0 aromatic carbocycles. The Labute approximate surface area is 105 Å². The van der Waals surface area contributed by atoms with Crippen molar-refractivity contribution in [3.63, 3.8) is 0 Å². The normalized spacial score (nSPS) is 16.8. The topological polar surface area (TPSA) is 49.4 Å². The second-order valence-corrected chi connectivity index (χ2v) is 6.22. The molecule has 0 atom stereocenters. The molecule has 6 heteroatoms. The van der Waals surface area contributed by atoms with Crippen molar-refractivity contribution in [2.75, 3.05) is 18.8 Å². The van der Waals surface area contributed by atoms with Gasteiger partial charge in [-0.3, -0.25) is 14.5 Å². The third kappa shape index (κ3) is 3.45. The van der Waals surface area contributed by atoms with E-state index in [1.165, 1.54) is 11.8 Å². The number of rotatable bonds is 3. The second kappa shape index (κ2) is 5.14. The summed E-state index contributed by atoms with van der Waals surface area (Å²) in [5, 5.41) is 2.79. The van der Waals surface area contributed by atoms with Crippen molar-refractivity contribution >= 4 is 40.1 Å². The Morgan fingerprint density at radius 3 is 2.62 bits per heavy atom. The van der Waals surface area contributed by atoms with E-state index in [2.05, 4.69) is 5.32 Å². The van der Waals surface area contributed by atoms with Crippen molar-refractivity contribution in [2.24, 2.45) is 5.41 Å². The van der Waals surface area contributed by atoms with Gasteiger partial charge in [-0.1, -0.05) is 44.8 Å². The highest BCUT2D eigenvalue weighted by Gasteiger charge is 2.26. The van der Waals surface area contributed by atoms with Crippen LogP contribution in [-0.2, 0) is 9.59 Å². The van der Waals surface area contributed by atoms with Crippen LogP contribution in [0, 0.1) is 5.41 Å². The maximum absolute atomic E-state index is 11.5. The number of carbonyl (C=O) groups is 2. The quantitative estimate of drug-likeness (QED) is 0.769. The second-order valence-electron chi connectivity index (χ2n) is 4.61. The van der Waals surface area contributed by atoms with Gasteiger partial charge in [0.2, 0.25) is 11.8 Å². The highest BCUT2D eigenvalue weighted by atomic mass is 32.2. The molecule has 0 radical (unpaired) electrons. The Bertz CT molecular complexity index is 307. The van der Waals surface area contributed by atoms with E-state index in [1.807, 2.05) is 20.8 Å². The largest absolute Gasteiger partial charge is 0.354 e. The first-order valence-electron chi connectivity index (χ1n) is 5.08. The molecule has 1 aliphatic heterocycles. The molecule has 0 aliphatic carbocycles. The number of hydrogen-bond acceptors (Lipinski definition) is 4. The lowest BCUT2D eigenvalue weighted by molar-refractivity contribution is -0.129. The molecule has 90 valence electrons. The lowest BCUT2D eigenvalue weighted by Crippen LogP contribution is -2.41. The molecule has 16 heavy (non-hydrogen) atoms. The fourth-order valence-electron chi connectivity index (χ4n) is 1.14. The van der Waals surface area contributed by atoms with E-state index in [0.29, 0.717) is 23.2 Å². The van der Waals surface area contributed by atoms with E-state index >= 15 is 0 Å². The van der Waals surface area contributed by atoms with Crippen LogP contribution in [0.4, 0.5) is 0 Å². The van der Waals surface area contributed by atoms with Crippen LogP contribution in [0.1, 0.15) is 20.8 Å². The van der Waals surface area contributed by atoms with Crippen molar-refractivity contribution in [1.29, 1.82) is 0 Å². The van der Waals surface area contributed by atoms with Crippen LogP contribution in [0.5, 0.6) is 0 Å². The van der Waals surface area contributed by atoms with Gasteiger partial charge >= 0.3 is 0 Å². The third-order valence-electron chi connectivity index (χ3n) is 2.14. The molecule has 1 heterocycles. The molecule has 1 N–H and O–H groups in total. The maximum Gasteiger partial charge on any atom is 0.238 e. The number of nitrogens with zero attached hydrogens (tertiary/aromatic N) is 1. The van der Waals surface area contributed by atoms with Gasteiger partial charge in [-0.25, -0.2) is 0 Å².